The van der Waals surface area contributed by atoms with Crippen molar-refractivity contribution in [1.82, 2.24) is 4.90 Å². The molecule has 5 rings (SSSR count). The van der Waals surface area contributed by atoms with Gasteiger partial charge in [0, 0.05) is 6.42 Å². The molecule has 2 aliphatic heterocycles. The summed E-state index contributed by atoms with van der Waals surface area (Å²) < 4.78 is 29.6. The number of rotatable bonds is 6. The molecule has 36 heavy (non-hydrogen) atoms. The summed E-state index contributed by atoms with van der Waals surface area (Å²) in [6.07, 6.45) is -0.0152. The number of hydrogen-bond donors (Lipinski definition) is 1. The minimum Gasteiger partial charge on any atom is -0.495 e. The number of amides is 2. The Kier molecular flexibility index (Phi) is 6.77. The number of nitrogens with one attached hydrogen (secondary N) is 1. The number of ether oxygens (including phenoxy) is 3. The van der Waals surface area contributed by atoms with Crippen molar-refractivity contribution in [2.45, 2.75) is 18.2 Å². The fourth-order valence-electron chi connectivity index (χ4n) is 3.81. The van der Waals surface area contributed by atoms with Gasteiger partial charge in [0.25, 0.3) is 0 Å². The Labute approximate surface area is 211 Å². The Bertz CT molecular complexity index is 1330. The monoisotopic (exact) mass is 507 g/mol. The first-order valence-corrected chi connectivity index (χ1v) is 12.0. The molecule has 0 unspecified atom stereocenters. The number of benzene rings is 3. The number of amidine groups is 1. The van der Waals surface area contributed by atoms with E-state index in [1.54, 1.807) is 30.3 Å². The smallest absolute Gasteiger partial charge is 0.238 e. The van der Waals surface area contributed by atoms with Gasteiger partial charge in [0.05, 0.1) is 25.0 Å². The third kappa shape index (κ3) is 5.13. The van der Waals surface area contributed by atoms with E-state index in [0.29, 0.717) is 33.8 Å². The molecule has 2 aliphatic rings. The second-order valence-corrected chi connectivity index (χ2v) is 9.21. The number of carbonyl (C=O) groups excluding carboxylic acids is 2. The van der Waals surface area contributed by atoms with Crippen molar-refractivity contribution in [3.63, 3.8) is 0 Å². The first-order valence-electron chi connectivity index (χ1n) is 11.1. The van der Waals surface area contributed by atoms with Crippen LogP contribution in [0.15, 0.2) is 71.7 Å². The van der Waals surface area contributed by atoms with Crippen molar-refractivity contribution in [2.24, 2.45) is 4.99 Å². The van der Waals surface area contributed by atoms with E-state index < -0.39 is 11.1 Å². The SMILES string of the molecule is COc1ccccc1NC(=O)[C@@H]1CC(=O)N(Cc2ccc3c(c2)OCO3)C(=Nc2ccc(F)cc2)S1. The number of thioether (sulfide) groups is 1. The number of hydrogen-bond acceptors (Lipinski definition) is 7. The van der Waals surface area contributed by atoms with E-state index >= 15 is 0 Å². The molecule has 0 saturated carbocycles. The van der Waals surface area contributed by atoms with E-state index in [1.165, 1.54) is 48.0 Å². The highest BCUT2D eigenvalue weighted by Gasteiger charge is 2.36. The van der Waals surface area contributed by atoms with Crippen LogP contribution in [0.4, 0.5) is 15.8 Å². The summed E-state index contributed by atoms with van der Waals surface area (Å²) in [5.41, 5.74) is 1.79. The molecule has 1 atom stereocenters. The Hall–Kier alpha value is -4.05. The lowest BCUT2D eigenvalue weighted by Gasteiger charge is -2.32. The summed E-state index contributed by atoms with van der Waals surface area (Å²) in [5.74, 6) is 0.780. The highest BCUT2D eigenvalue weighted by atomic mass is 32.2. The van der Waals surface area contributed by atoms with Crippen molar-refractivity contribution >= 4 is 40.1 Å². The number of fused-ring (bicyclic) bond motifs is 1. The van der Waals surface area contributed by atoms with Crippen molar-refractivity contribution in [3.8, 4) is 17.2 Å². The molecule has 1 fully saturated rings. The minimum absolute atomic E-state index is 0.0152. The van der Waals surface area contributed by atoms with Gasteiger partial charge in [-0.25, -0.2) is 9.38 Å². The van der Waals surface area contributed by atoms with Gasteiger partial charge in [-0.05, 0) is 54.1 Å². The minimum atomic E-state index is -0.713. The fraction of sp³-hybridized carbons (Fsp3) is 0.192. The quantitative estimate of drug-likeness (QED) is 0.519. The molecule has 1 N–H and O–H groups in total. The van der Waals surface area contributed by atoms with Crippen LogP contribution >= 0.6 is 11.8 Å². The predicted molar refractivity (Wildman–Crippen MR) is 134 cm³/mol. The van der Waals surface area contributed by atoms with Crippen LogP contribution in [-0.2, 0) is 16.1 Å². The molecule has 1 saturated heterocycles. The number of carbonyl (C=O) groups is 2. The van der Waals surface area contributed by atoms with E-state index in [2.05, 4.69) is 10.3 Å². The molecule has 0 aliphatic carbocycles. The first kappa shape index (κ1) is 23.7. The zero-order chi connectivity index (χ0) is 25.1. The lowest BCUT2D eigenvalue weighted by Crippen LogP contribution is -2.44. The topological polar surface area (TPSA) is 89.5 Å². The molecule has 3 aromatic rings. The summed E-state index contributed by atoms with van der Waals surface area (Å²) in [5, 5.41) is 2.48. The molecule has 184 valence electrons. The number of nitrogens with zero attached hydrogens (tertiary/aromatic N) is 2. The number of methoxy groups -OCH3 is 1. The van der Waals surface area contributed by atoms with Crippen LogP contribution in [0.25, 0.3) is 0 Å². The van der Waals surface area contributed by atoms with Crippen LogP contribution in [0.1, 0.15) is 12.0 Å². The zero-order valence-corrected chi connectivity index (χ0v) is 20.1. The maximum atomic E-state index is 13.4. The lowest BCUT2D eigenvalue weighted by molar-refractivity contribution is -0.129. The lowest BCUT2D eigenvalue weighted by atomic mass is 10.1. The van der Waals surface area contributed by atoms with Gasteiger partial charge in [-0.2, -0.15) is 0 Å². The second-order valence-electron chi connectivity index (χ2n) is 8.04. The molecular weight excluding hydrogens is 485 g/mol. The zero-order valence-electron chi connectivity index (χ0n) is 19.3. The number of anilines is 1. The van der Waals surface area contributed by atoms with Gasteiger partial charge in [-0.1, -0.05) is 30.0 Å². The normalized spacial score (nSPS) is 17.8. The van der Waals surface area contributed by atoms with Crippen LogP contribution < -0.4 is 19.5 Å². The maximum absolute atomic E-state index is 13.4. The third-order valence-electron chi connectivity index (χ3n) is 5.63. The predicted octanol–water partition coefficient (Wildman–Crippen LogP) is 4.72. The van der Waals surface area contributed by atoms with Crippen LogP contribution in [0, 0.1) is 5.82 Å². The maximum Gasteiger partial charge on any atom is 0.238 e. The van der Waals surface area contributed by atoms with Gasteiger partial charge in [0.1, 0.15) is 16.8 Å². The summed E-state index contributed by atoms with van der Waals surface area (Å²) in [6, 6.07) is 18.1. The molecule has 0 aromatic heterocycles. The van der Waals surface area contributed by atoms with Gasteiger partial charge in [-0.15, -0.1) is 0 Å². The van der Waals surface area contributed by atoms with Crippen molar-refractivity contribution < 1.29 is 28.2 Å². The van der Waals surface area contributed by atoms with E-state index in [1.807, 2.05) is 12.1 Å². The standard InChI is InChI=1S/C26H22FN3O5S/c1-33-20-5-3-2-4-19(20)29-25(32)23-13-24(31)30(14-16-6-11-21-22(12-16)35-15-34-21)26(36-23)28-18-9-7-17(27)8-10-18/h2-12,23H,13-15H2,1H3,(H,29,32)/t23-/m0/s1. The van der Waals surface area contributed by atoms with Gasteiger partial charge < -0.3 is 19.5 Å². The van der Waals surface area contributed by atoms with E-state index in [4.69, 9.17) is 14.2 Å². The molecule has 8 nitrogen and oxygen atoms in total. The second kappa shape index (κ2) is 10.3. The molecule has 2 heterocycles. The highest BCUT2D eigenvalue weighted by Crippen LogP contribution is 2.35. The third-order valence-corrected chi connectivity index (χ3v) is 6.81. The molecule has 0 bridgehead atoms. The van der Waals surface area contributed by atoms with Crippen molar-refractivity contribution in [1.29, 1.82) is 0 Å². The van der Waals surface area contributed by atoms with Gasteiger partial charge in [0.15, 0.2) is 16.7 Å². The van der Waals surface area contributed by atoms with Gasteiger partial charge in [0.2, 0.25) is 18.6 Å². The molecule has 3 aromatic carbocycles. The summed E-state index contributed by atoms with van der Waals surface area (Å²) in [6.45, 7) is 0.376. The number of halogens is 1. The average Bonchev–Trinajstić information content (AvgIpc) is 3.35. The molecular formula is C26H22FN3O5S. The van der Waals surface area contributed by atoms with E-state index in [9.17, 15) is 14.0 Å². The van der Waals surface area contributed by atoms with Gasteiger partial charge >= 0.3 is 0 Å². The molecule has 0 spiro atoms. The molecule has 10 heteroatoms. The van der Waals surface area contributed by atoms with E-state index in [-0.39, 0.29) is 31.6 Å². The fourth-order valence-corrected chi connectivity index (χ4v) is 4.90. The van der Waals surface area contributed by atoms with Crippen molar-refractivity contribution in [2.75, 3.05) is 19.2 Å². The van der Waals surface area contributed by atoms with Crippen LogP contribution in [-0.4, -0.2) is 41.0 Å². The summed E-state index contributed by atoms with van der Waals surface area (Å²) >= 11 is 1.18. The van der Waals surface area contributed by atoms with Crippen LogP contribution in [0.5, 0.6) is 17.2 Å². The average molecular weight is 508 g/mol. The summed E-state index contributed by atoms with van der Waals surface area (Å²) in [7, 11) is 1.52. The Morgan fingerprint density at radius 3 is 2.72 bits per heavy atom. The number of aliphatic imine (C=N–C) groups is 1. The van der Waals surface area contributed by atoms with Gasteiger partial charge in [-0.3, -0.25) is 14.5 Å². The Balaban J connectivity index is 1.41. The largest absolute Gasteiger partial charge is 0.495 e. The van der Waals surface area contributed by atoms with Crippen LogP contribution in [0.2, 0.25) is 0 Å². The highest BCUT2D eigenvalue weighted by molar-refractivity contribution is 8.15. The van der Waals surface area contributed by atoms with E-state index in [0.717, 1.165) is 5.56 Å². The van der Waals surface area contributed by atoms with Crippen LogP contribution in [0.3, 0.4) is 0 Å². The first-order chi connectivity index (χ1) is 17.5. The Morgan fingerprint density at radius 2 is 1.92 bits per heavy atom. The molecule has 0 radical (unpaired) electrons. The summed E-state index contributed by atoms with van der Waals surface area (Å²) in [4.78, 5) is 32.5. The number of para-hydroxylation sites is 2. The van der Waals surface area contributed by atoms with Crippen molar-refractivity contribution in [3.05, 3.63) is 78.1 Å². The molecule has 2 amide bonds. The Morgan fingerprint density at radius 1 is 1.14 bits per heavy atom.